The van der Waals surface area contributed by atoms with Crippen LogP contribution in [0, 0.1) is 0 Å². The van der Waals surface area contributed by atoms with Crippen LogP contribution in [0.25, 0.3) is 0 Å². The van der Waals surface area contributed by atoms with Gasteiger partial charge in [0, 0.05) is 18.0 Å². The van der Waals surface area contributed by atoms with Crippen LogP contribution in [0.15, 0.2) is 28.8 Å². The van der Waals surface area contributed by atoms with Crippen molar-refractivity contribution in [1.29, 1.82) is 0 Å². The average Bonchev–Trinajstić information content (AvgIpc) is 2.72. The van der Waals surface area contributed by atoms with Crippen molar-refractivity contribution in [3.05, 3.63) is 36.0 Å². The number of hydrogen-bond donors (Lipinski definition) is 1. The summed E-state index contributed by atoms with van der Waals surface area (Å²) in [5.74, 6) is 0.645. The Morgan fingerprint density at radius 2 is 2.21 bits per heavy atom. The molecule has 0 aliphatic rings. The van der Waals surface area contributed by atoms with Gasteiger partial charge >= 0.3 is 0 Å². The second-order valence-electron chi connectivity index (χ2n) is 4.04. The third kappa shape index (κ3) is 4.25. The van der Waals surface area contributed by atoms with Gasteiger partial charge in [0.25, 0.3) is 5.89 Å². The van der Waals surface area contributed by atoms with Crippen LogP contribution in [0.2, 0.25) is 0 Å². The van der Waals surface area contributed by atoms with Gasteiger partial charge in [0.05, 0.1) is 0 Å². The maximum Gasteiger partial charge on any atom is 0.264 e. The SMILES string of the molecule is CS(=O)(=O)Cc1noc(COc2cccc(N)c2)n1. The first-order valence-corrected chi connectivity index (χ1v) is 7.46. The van der Waals surface area contributed by atoms with Gasteiger partial charge in [0.1, 0.15) is 11.5 Å². The van der Waals surface area contributed by atoms with Crippen LogP contribution in [0.3, 0.4) is 0 Å². The summed E-state index contributed by atoms with van der Waals surface area (Å²) in [7, 11) is -3.18. The van der Waals surface area contributed by atoms with Gasteiger partial charge in [-0.25, -0.2) is 8.42 Å². The molecule has 0 unspecified atom stereocenters. The standard InChI is InChI=1S/C11H13N3O4S/c1-19(15,16)7-10-13-11(18-14-10)6-17-9-4-2-3-8(12)5-9/h2-5H,6-7,12H2,1H3. The zero-order chi connectivity index (χ0) is 13.9. The highest BCUT2D eigenvalue weighted by atomic mass is 32.2. The van der Waals surface area contributed by atoms with Gasteiger partial charge in [-0.3, -0.25) is 0 Å². The number of hydrogen-bond acceptors (Lipinski definition) is 7. The number of aromatic nitrogens is 2. The summed E-state index contributed by atoms with van der Waals surface area (Å²) >= 11 is 0. The van der Waals surface area contributed by atoms with E-state index in [0.717, 1.165) is 6.26 Å². The minimum atomic E-state index is -3.18. The van der Waals surface area contributed by atoms with E-state index in [2.05, 4.69) is 10.1 Å². The molecule has 0 fully saturated rings. The molecule has 2 aromatic rings. The Morgan fingerprint density at radius 3 is 2.89 bits per heavy atom. The van der Waals surface area contributed by atoms with Crippen LogP contribution in [0.1, 0.15) is 11.7 Å². The number of nitrogen functional groups attached to an aromatic ring is 1. The molecular weight excluding hydrogens is 270 g/mol. The number of anilines is 1. The highest BCUT2D eigenvalue weighted by Crippen LogP contribution is 2.15. The zero-order valence-corrected chi connectivity index (χ0v) is 11.1. The largest absolute Gasteiger partial charge is 0.484 e. The molecule has 0 aliphatic heterocycles. The van der Waals surface area contributed by atoms with E-state index in [4.69, 9.17) is 15.0 Å². The van der Waals surface area contributed by atoms with Crippen molar-refractivity contribution >= 4 is 15.5 Å². The predicted molar refractivity (Wildman–Crippen MR) is 68.0 cm³/mol. The van der Waals surface area contributed by atoms with Crippen molar-refractivity contribution in [3.63, 3.8) is 0 Å². The van der Waals surface area contributed by atoms with Crippen molar-refractivity contribution in [2.75, 3.05) is 12.0 Å². The van der Waals surface area contributed by atoms with Gasteiger partial charge in [-0.1, -0.05) is 11.2 Å². The first-order chi connectivity index (χ1) is 8.92. The fraction of sp³-hybridized carbons (Fsp3) is 0.273. The van der Waals surface area contributed by atoms with Gasteiger partial charge in [-0.15, -0.1) is 0 Å². The molecule has 1 aromatic carbocycles. The van der Waals surface area contributed by atoms with E-state index in [1.165, 1.54) is 0 Å². The molecule has 1 heterocycles. The molecule has 2 rings (SSSR count). The lowest BCUT2D eigenvalue weighted by atomic mass is 10.3. The molecule has 0 bridgehead atoms. The van der Waals surface area contributed by atoms with E-state index in [9.17, 15) is 8.42 Å². The van der Waals surface area contributed by atoms with Gasteiger partial charge < -0.3 is 15.0 Å². The maximum atomic E-state index is 11.1. The molecular formula is C11H13N3O4S. The number of rotatable bonds is 5. The smallest absolute Gasteiger partial charge is 0.264 e. The van der Waals surface area contributed by atoms with Crippen LogP contribution in [-0.4, -0.2) is 24.8 Å². The lowest BCUT2D eigenvalue weighted by Gasteiger charge is -2.03. The molecule has 0 atom stereocenters. The van der Waals surface area contributed by atoms with E-state index in [1.54, 1.807) is 24.3 Å². The van der Waals surface area contributed by atoms with E-state index < -0.39 is 9.84 Å². The van der Waals surface area contributed by atoms with Gasteiger partial charge in [0.15, 0.2) is 22.3 Å². The molecule has 19 heavy (non-hydrogen) atoms. The average molecular weight is 283 g/mol. The normalized spacial score (nSPS) is 11.4. The first-order valence-electron chi connectivity index (χ1n) is 5.40. The van der Waals surface area contributed by atoms with Crippen molar-refractivity contribution in [3.8, 4) is 5.75 Å². The van der Waals surface area contributed by atoms with Gasteiger partial charge in [-0.05, 0) is 12.1 Å². The van der Waals surface area contributed by atoms with E-state index in [1.807, 2.05) is 0 Å². The quantitative estimate of drug-likeness (QED) is 0.807. The summed E-state index contributed by atoms with van der Waals surface area (Å²) < 4.78 is 32.4. The van der Waals surface area contributed by atoms with Gasteiger partial charge in [0.2, 0.25) is 0 Å². The topological polar surface area (TPSA) is 108 Å². The lowest BCUT2D eigenvalue weighted by Crippen LogP contribution is -2.03. The van der Waals surface area contributed by atoms with Crippen molar-refractivity contribution in [1.82, 2.24) is 10.1 Å². The molecule has 1 aromatic heterocycles. The van der Waals surface area contributed by atoms with Crippen LogP contribution in [0.5, 0.6) is 5.75 Å². The van der Waals surface area contributed by atoms with Crippen LogP contribution in [-0.2, 0) is 22.2 Å². The van der Waals surface area contributed by atoms with Crippen molar-refractivity contribution in [2.45, 2.75) is 12.4 Å². The Balaban J connectivity index is 1.97. The van der Waals surface area contributed by atoms with Crippen LogP contribution >= 0.6 is 0 Å². The fourth-order valence-corrected chi connectivity index (χ4v) is 1.98. The molecule has 0 radical (unpaired) electrons. The molecule has 0 saturated carbocycles. The fourth-order valence-electron chi connectivity index (χ4n) is 1.39. The van der Waals surface area contributed by atoms with Crippen LogP contribution in [0.4, 0.5) is 5.69 Å². The first kappa shape index (κ1) is 13.3. The number of nitrogens with two attached hydrogens (primary N) is 1. The summed E-state index contributed by atoms with van der Waals surface area (Å²) in [5.41, 5.74) is 6.19. The second kappa shape index (κ2) is 5.27. The third-order valence-electron chi connectivity index (χ3n) is 2.12. The van der Waals surface area contributed by atoms with Crippen molar-refractivity contribution < 1.29 is 17.7 Å². The molecule has 0 spiro atoms. The minimum Gasteiger partial charge on any atom is -0.484 e. The molecule has 7 nitrogen and oxygen atoms in total. The Morgan fingerprint density at radius 1 is 1.42 bits per heavy atom. The zero-order valence-electron chi connectivity index (χ0n) is 10.2. The highest BCUT2D eigenvalue weighted by Gasteiger charge is 2.12. The molecule has 0 amide bonds. The Labute approximate surface area is 110 Å². The number of sulfone groups is 1. The number of benzene rings is 1. The number of ether oxygens (including phenoxy) is 1. The summed E-state index contributed by atoms with van der Waals surface area (Å²) in [4.78, 5) is 3.92. The Hall–Kier alpha value is -2.09. The Bertz CT molecular complexity index is 666. The van der Waals surface area contributed by atoms with E-state index in [-0.39, 0.29) is 24.1 Å². The summed E-state index contributed by atoms with van der Waals surface area (Å²) in [6.45, 7) is 0.0558. The molecule has 8 heteroatoms. The lowest BCUT2D eigenvalue weighted by molar-refractivity contribution is 0.242. The molecule has 0 saturated heterocycles. The summed E-state index contributed by atoms with van der Waals surface area (Å²) in [5, 5.41) is 3.56. The maximum absolute atomic E-state index is 11.1. The minimum absolute atomic E-state index is 0.0558. The monoisotopic (exact) mass is 283 g/mol. The molecule has 102 valence electrons. The summed E-state index contributed by atoms with van der Waals surface area (Å²) in [6, 6.07) is 6.90. The molecule has 2 N–H and O–H groups in total. The second-order valence-corrected chi connectivity index (χ2v) is 6.18. The van der Waals surface area contributed by atoms with E-state index >= 15 is 0 Å². The predicted octanol–water partition coefficient (Wildman–Crippen LogP) is 0.775. The number of nitrogens with zero attached hydrogens (tertiary/aromatic N) is 2. The van der Waals surface area contributed by atoms with E-state index in [0.29, 0.717) is 11.4 Å². The van der Waals surface area contributed by atoms with Gasteiger partial charge in [-0.2, -0.15) is 4.98 Å². The third-order valence-corrected chi connectivity index (χ3v) is 2.90. The van der Waals surface area contributed by atoms with Crippen LogP contribution < -0.4 is 10.5 Å². The Kier molecular flexibility index (Phi) is 3.70. The summed E-state index contributed by atoms with van der Waals surface area (Å²) in [6.07, 6.45) is 1.10. The molecule has 0 aliphatic carbocycles. The van der Waals surface area contributed by atoms with Crippen molar-refractivity contribution in [2.24, 2.45) is 0 Å². The highest BCUT2D eigenvalue weighted by molar-refractivity contribution is 7.89.